The first-order valence-electron chi connectivity index (χ1n) is 12.3. The van der Waals surface area contributed by atoms with Crippen LogP contribution in [0.15, 0.2) is 78.9 Å². The minimum Gasteiger partial charge on any atom is -0.633 e. The van der Waals surface area contributed by atoms with Crippen molar-refractivity contribution < 1.29 is 9.75 Å². The van der Waals surface area contributed by atoms with Crippen LogP contribution < -0.4 is 4.90 Å². The van der Waals surface area contributed by atoms with Crippen LogP contribution in [-0.4, -0.2) is 42.0 Å². The van der Waals surface area contributed by atoms with E-state index in [9.17, 15) is 10.3 Å². The summed E-state index contributed by atoms with van der Waals surface area (Å²) in [5.74, 6) is 0.556. The molecule has 4 nitrogen and oxygen atoms in total. The molecule has 0 bridgehead atoms. The highest BCUT2D eigenvalue weighted by molar-refractivity contribution is 5.99. The number of phenols is 1. The molecule has 0 radical (unpaired) electrons. The van der Waals surface area contributed by atoms with Crippen LogP contribution in [-0.2, 0) is 0 Å². The van der Waals surface area contributed by atoms with Gasteiger partial charge in [0.1, 0.15) is 5.75 Å². The Kier molecular flexibility index (Phi) is 7.11. The zero-order valence-electron chi connectivity index (χ0n) is 20.7. The largest absolute Gasteiger partial charge is 0.633 e. The molecule has 3 aromatic rings. The van der Waals surface area contributed by atoms with Crippen molar-refractivity contribution in [3.05, 3.63) is 101 Å². The lowest BCUT2D eigenvalue weighted by atomic mass is 9.84. The molecule has 1 heterocycles. The maximum absolute atomic E-state index is 12.9. The Bertz CT molecular complexity index is 1130. The molecule has 0 amide bonds. The quantitative estimate of drug-likeness (QED) is 0.260. The molecule has 1 fully saturated rings. The number of nitrogens with zero attached hydrogens (tertiary/aromatic N) is 2. The summed E-state index contributed by atoms with van der Waals surface area (Å²) in [4.78, 5) is 2.32. The van der Waals surface area contributed by atoms with Crippen molar-refractivity contribution in [3.63, 3.8) is 0 Å². The van der Waals surface area contributed by atoms with Crippen LogP contribution in [0.2, 0.25) is 0 Å². The third kappa shape index (κ3) is 5.03. The van der Waals surface area contributed by atoms with E-state index in [0.717, 1.165) is 35.5 Å². The van der Waals surface area contributed by atoms with Gasteiger partial charge < -0.3 is 19.9 Å². The van der Waals surface area contributed by atoms with E-state index in [1.54, 1.807) is 6.07 Å². The van der Waals surface area contributed by atoms with Gasteiger partial charge in [-0.3, -0.25) is 0 Å². The molecule has 1 N–H and O–H groups in total. The summed E-state index contributed by atoms with van der Waals surface area (Å²) in [6, 6.07) is 26.8. The Morgan fingerprint density at radius 2 is 1.41 bits per heavy atom. The van der Waals surface area contributed by atoms with E-state index in [1.807, 2.05) is 32.0 Å². The first-order valence-corrected chi connectivity index (χ1v) is 12.3. The lowest BCUT2D eigenvalue weighted by Crippen LogP contribution is -2.59. The lowest BCUT2D eigenvalue weighted by Gasteiger charge is -2.51. The van der Waals surface area contributed by atoms with Gasteiger partial charge in [0.15, 0.2) is 0 Å². The van der Waals surface area contributed by atoms with E-state index >= 15 is 0 Å². The van der Waals surface area contributed by atoms with Crippen LogP contribution in [0, 0.1) is 11.1 Å². The van der Waals surface area contributed by atoms with Crippen LogP contribution in [0.5, 0.6) is 5.75 Å². The molecule has 34 heavy (non-hydrogen) atoms. The van der Waals surface area contributed by atoms with Crippen LogP contribution in [0.4, 0.5) is 5.69 Å². The van der Waals surface area contributed by atoms with E-state index in [4.69, 9.17) is 0 Å². The zero-order chi connectivity index (χ0) is 24.3. The third-order valence-corrected chi connectivity index (χ3v) is 7.03. The smallest absolute Gasteiger partial charge is 0.116 e. The molecular formula is C30H36N2O2. The summed E-state index contributed by atoms with van der Waals surface area (Å²) in [7, 11) is 0. The molecule has 4 heteroatoms. The van der Waals surface area contributed by atoms with Gasteiger partial charge in [-0.15, -0.1) is 0 Å². The van der Waals surface area contributed by atoms with E-state index in [0.29, 0.717) is 19.0 Å². The van der Waals surface area contributed by atoms with E-state index in [-0.39, 0.29) is 16.4 Å². The van der Waals surface area contributed by atoms with Gasteiger partial charge in [-0.1, -0.05) is 68.4 Å². The van der Waals surface area contributed by atoms with Crippen LogP contribution >= 0.6 is 0 Å². The lowest BCUT2D eigenvalue weighted by molar-refractivity contribution is -0.902. The van der Waals surface area contributed by atoms with Gasteiger partial charge in [-0.2, -0.15) is 0 Å². The molecule has 0 aromatic heterocycles. The summed E-state index contributed by atoms with van der Waals surface area (Å²) in [6.07, 6.45) is 0. The maximum atomic E-state index is 12.9. The van der Waals surface area contributed by atoms with E-state index in [1.165, 1.54) is 11.1 Å². The van der Waals surface area contributed by atoms with Crippen molar-refractivity contribution in [3.8, 4) is 5.75 Å². The average molecular weight is 457 g/mol. The molecule has 0 spiro atoms. The summed E-state index contributed by atoms with van der Waals surface area (Å²) < 4.78 is -0.103. The van der Waals surface area contributed by atoms with Gasteiger partial charge in [0.25, 0.3) is 0 Å². The number of anilines is 1. The molecule has 1 saturated heterocycles. The van der Waals surface area contributed by atoms with Crippen LogP contribution in [0.1, 0.15) is 44.4 Å². The minimum absolute atomic E-state index is 0.103. The number of phenolic OH excluding ortho intramolecular Hbond substituents is 1. The summed E-state index contributed by atoms with van der Waals surface area (Å²) in [6.45, 7) is 11.3. The number of hydroxylamine groups is 3. The minimum atomic E-state index is -0.103. The van der Waals surface area contributed by atoms with E-state index < -0.39 is 0 Å². The Balaban J connectivity index is 1.74. The van der Waals surface area contributed by atoms with Crippen molar-refractivity contribution in [1.82, 2.24) is 0 Å². The highest BCUT2D eigenvalue weighted by atomic mass is 16.5. The van der Waals surface area contributed by atoms with Crippen molar-refractivity contribution in [2.45, 2.75) is 33.7 Å². The second-order valence-electron chi connectivity index (χ2n) is 9.89. The molecule has 3 aromatic carbocycles. The van der Waals surface area contributed by atoms with Gasteiger partial charge >= 0.3 is 0 Å². The number of hydrogen-bond acceptors (Lipinski definition) is 3. The average Bonchev–Trinajstić information content (AvgIpc) is 2.83. The molecule has 0 aliphatic carbocycles. The normalized spacial score (nSPS) is 16.6. The van der Waals surface area contributed by atoms with Crippen molar-refractivity contribution in [2.24, 2.45) is 5.92 Å². The second kappa shape index (κ2) is 10.0. The standard InChI is InChI=1S/C30H36N2O2/c1-22(2)29(24-9-6-5-7-10-24)30(26-11-8-12-28(33)21-26)25-13-15-27(16-14-25)31-17-19-32(34,20-18-31)23(3)4/h5-16,21-23,33H,17-20H2,1-4H3/b30-29+. The fraction of sp³-hybridized carbons (Fsp3) is 0.333. The monoisotopic (exact) mass is 456 g/mol. The van der Waals surface area contributed by atoms with Gasteiger partial charge in [0.05, 0.1) is 32.2 Å². The predicted molar refractivity (Wildman–Crippen MR) is 142 cm³/mol. The van der Waals surface area contributed by atoms with E-state index in [2.05, 4.69) is 73.3 Å². The van der Waals surface area contributed by atoms with Crippen molar-refractivity contribution >= 4 is 16.8 Å². The van der Waals surface area contributed by atoms with Gasteiger partial charge in [-0.05, 0) is 71.9 Å². The van der Waals surface area contributed by atoms with Crippen LogP contribution in [0.3, 0.4) is 0 Å². The number of allylic oxidation sites excluding steroid dienone is 1. The van der Waals surface area contributed by atoms with Crippen molar-refractivity contribution in [1.29, 1.82) is 0 Å². The molecule has 0 saturated carbocycles. The summed E-state index contributed by atoms with van der Waals surface area (Å²) >= 11 is 0. The molecule has 1 aliphatic rings. The predicted octanol–water partition coefficient (Wildman–Crippen LogP) is 6.55. The maximum Gasteiger partial charge on any atom is 0.116 e. The van der Waals surface area contributed by atoms with Gasteiger partial charge in [0, 0.05) is 5.69 Å². The molecule has 0 unspecified atom stereocenters. The molecule has 4 rings (SSSR count). The highest BCUT2D eigenvalue weighted by Crippen LogP contribution is 2.38. The van der Waals surface area contributed by atoms with Crippen molar-refractivity contribution in [2.75, 3.05) is 31.1 Å². The molecule has 0 atom stereocenters. The SMILES string of the molecule is CC(C)/C(=C(/c1ccc(N2CC[N+]([O-])(C(C)C)CC2)cc1)c1cccc(O)c1)c1ccccc1. The molecule has 1 aliphatic heterocycles. The molecular weight excluding hydrogens is 420 g/mol. The second-order valence-corrected chi connectivity index (χ2v) is 9.89. The topological polar surface area (TPSA) is 46.5 Å². The first kappa shape index (κ1) is 24.1. The Labute approximate surface area is 204 Å². The number of piperazine rings is 1. The summed E-state index contributed by atoms with van der Waals surface area (Å²) in [5, 5.41) is 23.1. The fourth-order valence-corrected chi connectivity index (χ4v) is 4.94. The number of aromatic hydroxyl groups is 1. The third-order valence-electron chi connectivity index (χ3n) is 7.03. The Hall–Kier alpha value is -3.08. The number of quaternary nitrogens is 1. The molecule has 178 valence electrons. The number of benzene rings is 3. The Morgan fingerprint density at radius 3 is 1.97 bits per heavy atom. The highest BCUT2D eigenvalue weighted by Gasteiger charge is 2.28. The van der Waals surface area contributed by atoms with Crippen LogP contribution in [0.25, 0.3) is 11.1 Å². The number of hydrogen-bond donors (Lipinski definition) is 1. The van der Waals surface area contributed by atoms with Gasteiger partial charge in [0.2, 0.25) is 0 Å². The fourth-order valence-electron chi connectivity index (χ4n) is 4.94. The first-order chi connectivity index (χ1) is 16.3. The Morgan fingerprint density at radius 1 is 0.794 bits per heavy atom. The van der Waals surface area contributed by atoms with Gasteiger partial charge in [-0.25, -0.2) is 0 Å². The summed E-state index contributed by atoms with van der Waals surface area (Å²) in [5.41, 5.74) is 6.85. The number of rotatable bonds is 6. The zero-order valence-corrected chi connectivity index (χ0v) is 20.7.